The van der Waals surface area contributed by atoms with Gasteiger partial charge in [-0.05, 0) is 20.3 Å². The van der Waals surface area contributed by atoms with Crippen molar-refractivity contribution in [2.75, 3.05) is 0 Å². The maximum Gasteiger partial charge on any atom is 0.128 e. The maximum absolute atomic E-state index is 5.76. The second-order valence-electron chi connectivity index (χ2n) is 3.37. The Morgan fingerprint density at radius 3 is 2.69 bits per heavy atom. The molecule has 0 fully saturated rings. The van der Waals surface area contributed by atoms with Crippen molar-refractivity contribution in [3.63, 3.8) is 0 Å². The summed E-state index contributed by atoms with van der Waals surface area (Å²) in [5.74, 6) is 0.921. The molecule has 2 N–H and O–H groups in total. The fourth-order valence-corrected chi connectivity index (χ4v) is 1.32. The van der Waals surface area contributed by atoms with Gasteiger partial charge in [-0.15, -0.1) is 0 Å². The first kappa shape index (κ1) is 10.1. The van der Waals surface area contributed by atoms with Gasteiger partial charge in [-0.25, -0.2) is 9.97 Å². The van der Waals surface area contributed by atoms with Crippen LogP contribution < -0.4 is 5.73 Å². The molecule has 3 heteroatoms. The van der Waals surface area contributed by atoms with E-state index >= 15 is 0 Å². The number of nitrogens with zero attached hydrogens (tertiary/aromatic N) is 2. The van der Waals surface area contributed by atoms with Gasteiger partial charge in [0.25, 0.3) is 0 Å². The lowest BCUT2D eigenvalue weighted by Gasteiger charge is -2.08. The van der Waals surface area contributed by atoms with Crippen molar-refractivity contribution >= 4 is 0 Å². The minimum Gasteiger partial charge on any atom is -0.324 e. The van der Waals surface area contributed by atoms with Crippen LogP contribution in [0.15, 0.2) is 6.20 Å². The number of aryl methyl sites for hydroxylation is 2. The van der Waals surface area contributed by atoms with E-state index in [1.54, 1.807) is 0 Å². The lowest BCUT2D eigenvalue weighted by atomic mass is 10.1. The van der Waals surface area contributed by atoms with E-state index in [0.29, 0.717) is 0 Å². The molecule has 0 aliphatic carbocycles. The monoisotopic (exact) mass is 179 g/mol. The molecular formula is C10H17N3. The van der Waals surface area contributed by atoms with E-state index in [1.807, 2.05) is 20.0 Å². The highest BCUT2D eigenvalue weighted by atomic mass is 14.9. The van der Waals surface area contributed by atoms with E-state index in [1.165, 1.54) is 0 Å². The molecule has 3 nitrogen and oxygen atoms in total. The largest absolute Gasteiger partial charge is 0.324 e. The lowest BCUT2D eigenvalue weighted by molar-refractivity contribution is 0.759. The molecule has 0 aliphatic rings. The molecule has 0 aliphatic heterocycles. The van der Waals surface area contributed by atoms with Crippen molar-refractivity contribution in [3.8, 4) is 0 Å². The number of nitrogens with two attached hydrogens (primary N) is 1. The molecule has 1 rings (SSSR count). The molecule has 13 heavy (non-hydrogen) atoms. The second-order valence-corrected chi connectivity index (χ2v) is 3.37. The fourth-order valence-electron chi connectivity index (χ4n) is 1.32. The zero-order valence-electron chi connectivity index (χ0n) is 8.54. The predicted octanol–water partition coefficient (Wildman–Crippen LogP) is 1.76. The summed E-state index contributed by atoms with van der Waals surface area (Å²) in [5, 5.41) is 0. The third kappa shape index (κ3) is 2.49. The Morgan fingerprint density at radius 1 is 1.54 bits per heavy atom. The number of hydrogen-bond donors (Lipinski definition) is 1. The van der Waals surface area contributed by atoms with Crippen LogP contribution in [-0.4, -0.2) is 9.97 Å². The van der Waals surface area contributed by atoms with Gasteiger partial charge in [-0.2, -0.15) is 0 Å². The van der Waals surface area contributed by atoms with Crippen molar-refractivity contribution in [3.05, 3.63) is 23.3 Å². The lowest BCUT2D eigenvalue weighted by Crippen LogP contribution is -2.10. The van der Waals surface area contributed by atoms with Gasteiger partial charge < -0.3 is 5.73 Å². The molecular weight excluding hydrogens is 162 g/mol. The third-order valence-electron chi connectivity index (χ3n) is 2.03. The van der Waals surface area contributed by atoms with E-state index in [0.717, 1.165) is 29.9 Å². The summed E-state index contributed by atoms with van der Waals surface area (Å²) in [4.78, 5) is 8.65. The summed E-state index contributed by atoms with van der Waals surface area (Å²) in [6, 6.07) is 0.0238. The summed E-state index contributed by atoms with van der Waals surface area (Å²) in [6.07, 6.45) is 3.87. The molecule has 0 saturated carbocycles. The van der Waals surface area contributed by atoms with Crippen LogP contribution in [0.4, 0.5) is 0 Å². The van der Waals surface area contributed by atoms with Crippen LogP contribution in [0.2, 0.25) is 0 Å². The van der Waals surface area contributed by atoms with Crippen LogP contribution in [0.5, 0.6) is 0 Å². The SMILES string of the molecule is CCCc1ncc([C@H](C)N)c(C)n1. The van der Waals surface area contributed by atoms with Crippen LogP contribution in [-0.2, 0) is 6.42 Å². The van der Waals surface area contributed by atoms with Gasteiger partial charge >= 0.3 is 0 Å². The normalized spacial score (nSPS) is 12.9. The highest BCUT2D eigenvalue weighted by molar-refractivity contribution is 5.19. The summed E-state index contributed by atoms with van der Waals surface area (Å²) < 4.78 is 0. The van der Waals surface area contributed by atoms with Crippen molar-refractivity contribution in [1.29, 1.82) is 0 Å². The van der Waals surface area contributed by atoms with Crippen molar-refractivity contribution in [2.45, 2.75) is 39.7 Å². The molecule has 1 atom stereocenters. The Balaban J connectivity index is 2.92. The highest BCUT2D eigenvalue weighted by Gasteiger charge is 2.06. The molecule has 1 aromatic heterocycles. The predicted molar refractivity (Wildman–Crippen MR) is 53.4 cm³/mol. The molecule has 0 saturated heterocycles. The zero-order chi connectivity index (χ0) is 9.84. The van der Waals surface area contributed by atoms with Crippen LogP contribution >= 0.6 is 0 Å². The molecule has 0 spiro atoms. The first-order valence-electron chi connectivity index (χ1n) is 4.73. The average molecular weight is 179 g/mol. The van der Waals surface area contributed by atoms with E-state index < -0.39 is 0 Å². The fraction of sp³-hybridized carbons (Fsp3) is 0.600. The average Bonchev–Trinajstić information content (AvgIpc) is 2.04. The maximum atomic E-state index is 5.76. The molecule has 0 unspecified atom stereocenters. The van der Waals surface area contributed by atoms with Gasteiger partial charge in [0, 0.05) is 29.9 Å². The van der Waals surface area contributed by atoms with E-state index in [-0.39, 0.29) is 6.04 Å². The number of rotatable bonds is 3. The summed E-state index contributed by atoms with van der Waals surface area (Å²) in [6.45, 7) is 6.06. The van der Waals surface area contributed by atoms with Gasteiger partial charge in [-0.3, -0.25) is 0 Å². The van der Waals surface area contributed by atoms with Crippen molar-refractivity contribution in [1.82, 2.24) is 9.97 Å². The molecule has 0 amide bonds. The van der Waals surface area contributed by atoms with Gasteiger partial charge in [-0.1, -0.05) is 6.92 Å². The topological polar surface area (TPSA) is 51.8 Å². The third-order valence-corrected chi connectivity index (χ3v) is 2.03. The standard InChI is InChI=1S/C10H17N3/c1-4-5-10-12-6-9(7(2)11)8(3)13-10/h6-7H,4-5,11H2,1-3H3/t7-/m0/s1. The van der Waals surface area contributed by atoms with E-state index in [4.69, 9.17) is 5.73 Å². The van der Waals surface area contributed by atoms with Crippen molar-refractivity contribution < 1.29 is 0 Å². The number of aromatic nitrogens is 2. The smallest absolute Gasteiger partial charge is 0.128 e. The summed E-state index contributed by atoms with van der Waals surface area (Å²) >= 11 is 0. The summed E-state index contributed by atoms with van der Waals surface area (Å²) in [7, 11) is 0. The van der Waals surface area contributed by atoms with Crippen molar-refractivity contribution in [2.24, 2.45) is 5.73 Å². The molecule has 0 bridgehead atoms. The Labute approximate surface area is 79.4 Å². The van der Waals surface area contributed by atoms with Crippen LogP contribution in [0.1, 0.15) is 43.4 Å². The van der Waals surface area contributed by atoms with Crippen LogP contribution in [0.25, 0.3) is 0 Å². The Hall–Kier alpha value is -0.960. The zero-order valence-corrected chi connectivity index (χ0v) is 8.54. The molecule has 1 heterocycles. The van der Waals surface area contributed by atoms with Crippen LogP contribution in [0.3, 0.4) is 0 Å². The minimum atomic E-state index is 0.0238. The van der Waals surface area contributed by atoms with E-state index in [9.17, 15) is 0 Å². The number of hydrogen-bond acceptors (Lipinski definition) is 3. The summed E-state index contributed by atoms with van der Waals surface area (Å²) in [5.41, 5.74) is 7.81. The minimum absolute atomic E-state index is 0.0238. The first-order chi connectivity index (χ1) is 6.15. The molecule has 1 aromatic rings. The second kappa shape index (κ2) is 4.33. The molecule has 72 valence electrons. The first-order valence-corrected chi connectivity index (χ1v) is 4.73. The van der Waals surface area contributed by atoms with Gasteiger partial charge in [0.1, 0.15) is 5.82 Å². The van der Waals surface area contributed by atoms with Gasteiger partial charge in [0.2, 0.25) is 0 Å². The quantitative estimate of drug-likeness (QED) is 0.769. The Bertz CT molecular complexity index is 281. The Kier molecular flexibility index (Phi) is 3.37. The molecule has 0 aromatic carbocycles. The van der Waals surface area contributed by atoms with E-state index in [2.05, 4.69) is 16.9 Å². The van der Waals surface area contributed by atoms with Gasteiger partial charge in [0.15, 0.2) is 0 Å². The highest BCUT2D eigenvalue weighted by Crippen LogP contribution is 2.12. The Morgan fingerprint density at radius 2 is 2.23 bits per heavy atom. The molecule has 0 radical (unpaired) electrons. The van der Waals surface area contributed by atoms with Crippen LogP contribution in [0, 0.1) is 6.92 Å². The van der Waals surface area contributed by atoms with Gasteiger partial charge in [0.05, 0.1) is 0 Å².